The monoisotopic (exact) mass is 365 g/mol. The predicted molar refractivity (Wildman–Crippen MR) is 92.4 cm³/mol. The Morgan fingerprint density at radius 2 is 2.04 bits per heavy atom. The third kappa shape index (κ3) is 3.70. The van der Waals surface area contributed by atoms with Crippen molar-refractivity contribution < 1.29 is 24.0 Å². The van der Waals surface area contributed by atoms with E-state index in [1.807, 2.05) is 0 Å². The van der Waals surface area contributed by atoms with E-state index >= 15 is 0 Å². The SMILES string of the molecule is CCOC(=O)C1CC[NH+](C2CC(=O)N(c3cccc(Cl)c3)C2=O)CC1. The van der Waals surface area contributed by atoms with Gasteiger partial charge in [-0.2, -0.15) is 0 Å². The molecule has 3 rings (SSSR count). The van der Waals surface area contributed by atoms with Crippen molar-refractivity contribution in [2.24, 2.45) is 5.92 Å². The number of quaternary nitrogens is 1. The molecule has 2 aliphatic rings. The van der Waals surface area contributed by atoms with Gasteiger partial charge in [-0.3, -0.25) is 14.4 Å². The number of hydrogen-bond acceptors (Lipinski definition) is 4. The lowest BCUT2D eigenvalue weighted by atomic mass is 9.95. The zero-order valence-corrected chi connectivity index (χ0v) is 14.9. The van der Waals surface area contributed by atoms with Gasteiger partial charge in [0.25, 0.3) is 5.91 Å². The molecule has 0 saturated carbocycles. The van der Waals surface area contributed by atoms with Gasteiger partial charge in [0.2, 0.25) is 5.91 Å². The van der Waals surface area contributed by atoms with E-state index in [0.29, 0.717) is 43.2 Å². The van der Waals surface area contributed by atoms with Crippen molar-refractivity contribution in [2.45, 2.75) is 32.2 Å². The summed E-state index contributed by atoms with van der Waals surface area (Å²) in [5, 5.41) is 0.490. The zero-order chi connectivity index (χ0) is 18.0. The van der Waals surface area contributed by atoms with E-state index in [4.69, 9.17) is 16.3 Å². The van der Waals surface area contributed by atoms with E-state index in [1.54, 1.807) is 31.2 Å². The third-order valence-corrected chi connectivity index (χ3v) is 5.19. The second-order valence-electron chi connectivity index (χ2n) is 6.49. The number of nitrogens with zero attached hydrogens (tertiary/aromatic N) is 1. The number of halogens is 1. The molecule has 1 unspecified atom stereocenters. The van der Waals surface area contributed by atoms with Crippen LogP contribution in [0.1, 0.15) is 26.2 Å². The third-order valence-electron chi connectivity index (χ3n) is 4.95. The Balaban J connectivity index is 1.66. The van der Waals surface area contributed by atoms with Crippen molar-refractivity contribution in [3.63, 3.8) is 0 Å². The molecule has 134 valence electrons. The minimum Gasteiger partial charge on any atom is -0.466 e. The van der Waals surface area contributed by atoms with Gasteiger partial charge in [0, 0.05) is 17.9 Å². The topological polar surface area (TPSA) is 68.1 Å². The van der Waals surface area contributed by atoms with Gasteiger partial charge in [-0.05, 0) is 25.1 Å². The number of nitrogens with one attached hydrogen (secondary N) is 1. The molecule has 1 aromatic carbocycles. The van der Waals surface area contributed by atoms with Crippen molar-refractivity contribution in [3.05, 3.63) is 29.3 Å². The van der Waals surface area contributed by atoms with Gasteiger partial charge in [-0.25, -0.2) is 4.90 Å². The maximum atomic E-state index is 12.8. The molecular formula is C18H22ClN2O4+. The van der Waals surface area contributed by atoms with Crippen LogP contribution in [0, 0.1) is 5.92 Å². The average molecular weight is 366 g/mol. The molecule has 0 aliphatic carbocycles. The number of piperidine rings is 1. The van der Waals surface area contributed by atoms with Gasteiger partial charge in [0.05, 0.1) is 37.7 Å². The van der Waals surface area contributed by atoms with Crippen LogP contribution in [0.15, 0.2) is 24.3 Å². The summed E-state index contributed by atoms with van der Waals surface area (Å²) in [5.41, 5.74) is 0.519. The van der Waals surface area contributed by atoms with Crippen molar-refractivity contribution in [3.8, 4) is 0 Å². The highest BCUT2D eigenvalue weighted by Crippen LogP contribution is 2.25. The molecule has 7 heteroatoms. The average Bonchev–Trinajstić information content (AvgIpc) is 2.90. The van der Waals surface area contributed by atoms with Crippen LogP contribution in [0.4, 0.5) is 5.69 Å². The first-order valence-electron chi connectivity index (χ1n) is 8.64. The quantitative estimate of drug-likeness (QED) is 0.634. The number of carbonyl (C=O) groups is 3. The largest absolute Gasteiger partial charge is 0.466 e. The number of esters is 1. The molecule has 0 radical (unpaired) electrons. The molecule has 1 N–H and O–H groups in total. The number of ether oxygens (including phenoxy) is 1. The van der Waals surface area contributed by atoms with Crippen LogP contribution >= 0.6 is 11.6 Å². The molecule has 2 saturated heterocycles. The van der Waals surface area contributed by atoms with Gasteiger partial charge in [0.1, 0.15) is 0 Å². The number of imide groups is 1. The fourth-order valence-corrected chi connectivity index (χ4v) is 3.85. The van der Waals surface area contributed by atoms with Crippen molar-refractivity contribution in [2.75, 3.05) is 24.6 Å². The number of amides is 2. The Hall–Kier alpha value is -1.92. The first-order chi connectivity index (χ1) is 12.0. The molecule has 2 amide bonds. The standard InChI is InChI=1S/C18H21ClN2O4/c1-2-25-18(24)12-6-8-20(9-7-12)15-11-16(22)21(17(15)23)14-5-3-4-13(19)10-14/h3-5,10,12,15H,2,6-9,11H2,1H3/p+1. The summed E-state index contributed by atoms with van der Waals surface area (Å²) >= 11 is 5.98. The number of benzene rings is 1. The lowest BCUT2D eigenvalue weighted by Gasteiger charge is -2.31. The summed E-state index contributed by atoms with van der Waals surface area (Å²) in [6.07, 6.45) is 1.57. The van der Waals surface area contributed by atoms with E-state index in [2.05, 4.69) is 0 Å². The molecule has 25 heavy (non-hydrogen) atoms. The first-order valence-corrected chi connectivity index (χ1v) is 9.02. The summed E-state index contributed by atoms with van der Waals surface area (Å²) in [6.45, 7) is 3.56. The molecule has 2 heterocycles. The Morgan fingerprint density at radius 1 is 1.32 bits per heavy atom. The van der Waals surface area contributed by atoms with E-state index < -0.39 is 0 Å². The number of rotatable bonds is 4. The van der Waals surface area contributed by atoms with Crippen LogP contribution in [0.2, 0.25) is 5.02 Å². The summed E-state index contributed by atoms with van der Waals surface area (Å²) in [6, 6.07) is 6.39. The van der Waals surface area contributed by atoms with Gasteiger partial charge in [-0.15, -0.1) is 0 Å². The fourth-order valence-electron chi connectivity index (χ4n) is 3.67. The Bertz CT molecular complexity index is 685. The Kier molecular flexibility index (Phi) is 5.39. The van der Waals surface area contributed by atoms with Crippen molar-refractivity contribution >= 4 is 35.1 Å². The lowest BCUT2D eigenvalue weighted by molar-refractivity contribution is -0.920. The number of hydrogen-bond donors (Lipinski definition) is 1. The Morgan fingerprint density at radius 3 is 2.68 bits per heavy atom. The summed E-state index contributed by atoms with van der Waals surface area (Å²) in [7, 11) is 0. The highest BCUT2D eigenvalue weighted by atomic mass is 35.5. The minimum absolute atomic E-state index is 0.0973. The van der Waals surface area contributed by atoms with Gasteiger partial charge in [-0.1, -0.05) is 17.7 Å². The second kappa shape index (κ2) is 7.54. The molecule has 6 nitrogen and oxygen atoms in total. The smallest absolute Gasteiger partial charge is 0.309 e. The van der Waals surface area contributed by atoms with Crippen LogP contribution in [0.25, 0.3) is 0 Å². The van der Waals surface area contributed by atoms with Gasteiger partial charge >= 0.3 is 5.97 Å². The molecule has 0 spiro atoms. The molecule has 0 aromatic heterocycles. The maximum absolute atomic E-state index is 12.8. The van der Waals surface area contributed by atoms with Gasteiger partial charge < -0.3 is 9.64 Å². The van der Waals surface area contributed by atoms with Crippen LogP contribution < -0.4 is 9.80 Å². The summed E-state index contributed by atoms with van der Waals surface area (Å²) < 4.78 is 5.08. The first kappa shape index (κ1) is 17.9. The summed E-state index contributed by atoms with van der Waals surface area (Å²) in [4.78, 5) is 39.3. The van der Waals surface area contributed by atoms with Crippen LogP contribution in [0.5, 0.6) is 0 Å². The molecular weight excluding hydrogens is 344 g/mol. The van der Waals surface area contributed by atoms with Crippen LogP contribution in [-0.2, 0) is 19.1 Å². The maximum Gasteiger partial charge on any atom is 0.309 e. The molecule has 2 fully saturated rings. The lowest BCUT2D eigenvalue weighted by Crippen LogP contribution is -3.17. The molecule has 1 aromatic rings. The van der Waals surface area contributed by atoms with E-state index in [-0.39, 0.29) is 36.2 Å². The predicted octanol–water partition coefficient (Wildman–Crippen LogP) is 0.830. The van der Waals surface area contributed by atoms with E-state index in [9.17, 15) is 14.4 Å². The molecule has 0 bridgehead atoms. The second-order valence-corrected chi connectivity index (χ2v) is 6.92. The van der Waals surface area contributed by atoms with Crippen LogP contribution in [0.3, 0.4) is 0 Å². The van der Waals surface area contributed by atoms with Crippen molar-refractivity contribution in [1.82, 2.24) is 0 Å². The highest BCUT2D eigenvalue weighted by molar-refractivity contribution is 6.31. The number of likely N-dealkylation sites (tertiary alicyclic amines) is 1. The van der Waals surface area contributed by atoms with E-state index in [1.165, 1.54) is 4.90 Å². The number of carbonyl (C=O) groups excluding carboxylic acids is 3. The summed E-state index contributed by atoms with van der Waals surface area (Å²) in [5.74, 6) is -0.634. The Labute approximate surface area is 151 Å². The van der Waals surface area contributed by atoms with E-state index in [0.717, 1.165) is 4.90 Å². The zero-order valence-electron chi connectivity index (χ0n) is 14.2. The fraction of sp³-hybridized carbons (Fsp3) is 0.500. The normalized spacial score (nSPS) is 26.8. The minimum atomic E-state index is -0.380. The molecule has 2 aliphatic heterocycles. The van der Waals surface area contributed by atoms with Crippen molar-refractivity contribution in [1.29, 1.82) is 0 Å². The highest BCUT2D eigenvalue weighted by Gasteiger charge is 2.47. The van der Waals surface area contributed by atoms with Crippen LogP contribution in [-0.4, -0.2) is 43.5 Å². The number of anilines is 1. The van der Waals surface area contributed by atoms with Gasteiger partial charge in [0.15, 0.2) is 6.04 Å². The molecule has 1 atom stereocenters.